The summed E-state index contributed by atoms with van der Waals surface area (Å²) in [4.78, 5) is 6.80. The second kappa shape index (κ2) is 7.37. The van der Waals surface area contributed by atoms with Gasteiger partial charge in [-0.3, -0.25) is 0 Å². The van der Waals surface area contributed by atoms with Crippen molar-refractivity contribution in [1.82, 2.24) is 10.3 Å². The van der Waals surface area contributed by atoms with Crippen LogP contribution < -0.4 is 10.2 Å². The Balaban J connectivity index is 2.74. The zero-order valence-electron chi connectivity index (χ0n) is 12.4. The lowest BCUT2D eigenvalue weighted by Gasteiger charge is -2.24. The van der Waals surface area contributed by atoms with E-state index < -0.39 is 0 Å². The van der Waals surface area contributed by atoms with E-state index >= 15 is 0 Å². The molecule has 1 aromatic heterocycles. The van der Waals surface area contributed by atoms with Gasteiger partial charge in [-0.2, -0.15) is 0 Å². The monoisotopic (exact) mass is 249 g/mol. The normalized spacial score (nSPS) is 12.8. The maximum atomic E-state index is 4.53. The largest absolute Gasteiger partial charge is 0.359 e. The Hall–Kier alpha value is -1.09. The van der Waals surface area contributed by atoms with Crippen LogP contribution in [0.25, 0.3) is 0 Å². The summed E-state index contributed by atoms with van der Waals surface area (Å²) in [6.07, 6.45) is 3.08. The summed E-state index contributed by atoms with van der Waals surface area (Å²) < 4.78 is 0. The van der Waals surface area contributed by atoms with Gasteiger partial charge in [0.2, 0.25) is 0 Å². The Morgan fingerprint density at radius 2 is 2.06 bits per heavy atom. The van der Waals surface area contributed by atoms with Crippen LogP contribution in [0.2, 0.25) is 0 Å². The summed E-state index contributed by atoms with van der Waals surface area (Å²) in [5.41, 5.74) is 1.28. The van der Waals surface area contributed by atoms with Crippen molar-refractivity contribution >= 4 is 5.82 Å². The smallest absolute Gasteiger partial charge is 0.132 e. The van der Waals surface area contributed by atoms with Crippen LogP contribution in [0.5, 0.6) is 0 Å². The fourth-order valence-electron chi connectivity index (χ4n) is 1.91. The van der Waals surface area contributed by atoms with Gasteiger partial charge >= 0.3 is 0 Å². The first-order chi connectivity index (χ1) is 8.54. The van der Waals surface area contributed by atoms with E-state index in [1.165, 1.54) is 12.0 Å². The summed E-state index contributed by atoms with van der Waals surface area (Å²) in [6, 6.07) is 4.67. The zero-order valence-corrected chi connectivity index (χ0v) is 12.4. The van der Waals surface area contributed by atoms with Crippen LogP contribution in [-0.2, 0) is 6.54 Å². The van der Waals surface area contributed by atoms with Gasteiger partial charge in [-0.15, -0.1) is 0 Å². The van der Waals surface area contributed by atoms with Gasteiger partial charge in [-0.05, 0) is 12.0 Å². The highest BCUT2D eigenvalue weighted by molar-refractivity contribution is 5.45. The number of nitrogens with zero attached hydrogens (tertiary/aromatic N) is 2. The molecule has 0 saturated heterocycles. The van der Waals surface area contributed by atoms with E-state index in [1.54, 1.807) is 0 Å². The highest BCUT2D eigenvalue weighted by Gasteiger charge is 2.11. The van der Waals surface area contributed by atoms with Gasteiger partial charge in [0.15, 0.2) is 0 Å². The predicted octanol–water partition coefficient (Wildman–Crippen LogP) is 3.06. The molecule has 0 aliphatic carbocycles. The second-order valence-electron chi connectivity index (χ2n) is 5.42. The molecule has 0 bridgehead atoms. The summed E-state index contributed by atoms with van der Waals surface area (Å²) in [5, 5.41) is 3.46. The molecule has 0 spiro atoms. The molecular weight excluding hydrogens is 222 g/mol. The summed E-state index contributed by atoms with van der Waals surface area (Å²) in [7, 11) is 2.13. The zero-order chi connectivity index (χ0) is 13.5. The molecule has 18 heavy (non-hydrogen) atoms. The van der Waals surface area contributed by atoms with Crippen molar-refractivity contribution in [2.45, 2.75) is 46.7 Å². The van der Waals surface area contributed by atoms with Gasteiger partial charge in [0.1, 0.15) is 5.82 Å². The van der Waals surface area contributed by atoms with Crippen LogP contribution >= 0.6 is 0 Å². The Morgan fingerprint density at radius 3 is 2.67 bits per heavy atom. The third-order valence-electron chi connectivity index (χ3n) is 3.21. The van der Waals surface area contributed by atoms with Crippen LogP contribution in [0.1, 0.15) is 39.7 Å². The number of rotatable bonds is 7. The average Bonchev–Trinajstić information content (AvgIpc) is 2.36. The minimum Gasteiger partial charge on any atom is -0.359 e. The molecule has 0 aromatic carbocycles. The van der Waals surface area contributed by atoms with E-state index in [0.717, 1.165) is 18.9 Å². The molecule has 1 rings (SSSR count). The van der Waals surface area contributed by atoms with E-state index in [-0.39, 0.29) is 0 Å². The standard InChI is InChI=1S/C15H27N3/c1-6-13(4)11-18(5)15-14(8-7-9-16-15)10-17-12(2)3/h7-9,12-13,17H,6,10-11H2,1-5H3. The quantitative estimate of drug-likeness (QED) is 0.805. The lowest BCUT2D eigenvalue weighted by atomic mass is 10.1. The van der Waals surface area contributed by atoms with Crippen molar-refractivity contribution in [2.24, 2.45) is 5.92 Å². The molecular formula is C15H27N3. The molecule has 1 aromatic rings. The van der Waals surface area contributed by atoms with Crippen molar-refractivity contribution in [3.63, 3.8) is 0 Å². The minimum atomic E-state index is 0.498. The number of pyridine rings is 1. The lowest BCUT2D eigenvalue weighted by molar-refractivity contribution is 0.553. The molecule has 0 radical (unpaired) electrons. The molecule has 1 unspecified atom stereocenters. The molecule has 0 aliphatic rings. The number of aromatic nitrogens is 1. The van der Waals surface area contributed by atoms with E-state index in [2.05, 4.69) is 56.0 Å². The van der Waals surface area contributed by atoms with Crippen molar-refractivity contribution in [2.75, 3.05) is 18.5 Å². The highest BCUT2D eigenvalue weighted by atomic mass is 15.2. The molecule has 1 heterocycles. The van der Waals surface area contributed by atoms with Crippen LogP contribution in [0.3, 0.4) is 0 Å². The van der Waals surface area contributed by atoms with Gasteiger partial charge < -0.3 is 10.2 Å². The SMILES string of the molecule is CCC(C)CN(C)c1ncccc1CNC(C)C. The number of hydrogen-bond acceptors (Lipinski definition) is 3. The lowest BCUT2D eigenvalue weighted by Crippen LogP contribution is -2.28. The third kappa shape index (κ3) is 4.65. The van der Waals surface area contributed by atoms with Gasteiger partial charge in [0, 0.05) is 37.9 Å². The minimum absolute atomic E-state index is 0.498. The Labute approximate surface area is 112 Å². The summed E-state index contributed by atoms with van der Waals surface area (Å²) >= 11 is 0. The summed E-state index contributed by atoms with van der Waals surface area (Å²) in [6.45, 7) is 10.8. The van der Waals surface area contributed by atoms with Crippen LogP contribution in [-0.4, -0.2) is 24.6 Å². The average molecular weight is 249 g/mol. The molecule has 102 valence electrons. The maximum absolute atomic E-state index is 4.53. The van der Waals surface area contributed by atoms with Crippen LogP contribution in [0.15, 0.2) is 18.3 Å². The van der Waals surface area contributed by atoms with Crippen molar-refractivity contribution in [3.8, 4) is 0 Å². The highest BCUT2D eigenvalue weighted by Crippen LogP contribution is 2.17. The number of anilines is 1. The molecule has 0 aliphatic heterocycles. The molecule has 3 heteroatoms. The molecule has 0 saturated carbocycles. The first-order valence-electron chi connectivity index (χ1n) is 6.93. The topological polar surface area (TPSA) is 28.2 Å². The van der Waals surface area contributed by atoms with Crippen LogP contribution in [0, 0.1) is 5.92 Å². The first-order valence-corrected chi connectivity index (χ1v) is 6.93. The van der Waals surface area contributed by atoms with Crippen molar-refractivity contribution < 1.29 is 0 Å². The first kappa shape index (κ1) is 15.0. The molecule has 0 fully saturated rings. The van der Waals surface area contributed by atoms with E-state index in [9.17, 15) is 0 Å². The van der Waals surface area contributed by atoms with Gasteiger partial charge in [0.05, 0.1) is 0 Å². The van der Waals surface area contributed by atoms with Gasteiger partial charge in [0.25, 0.3) is 0 Å². The number of nitrogens with one attached hydrogen (secondary N) is 1. The molecule has 0 amide bonds. The van der Waals surface area contributed by atoms with Crippen LogP contribution in [0.4, 0.5) is 5.82 Å². The Morgan fingerprint density at radius 1 is 1.33 bits per heavy atom. The number of hydrogen-bond donors (Lipinski definition) is 1. The van der Waals surface area contributed by atoms with Crippen molar-refractivity contribution in [3.05, 3.63) is 23.9 Å². The van der Waals surface area contributed by atoms with E-state index in [0.29, 0.717) is 12.0 Å². The summed E-state index contributed by atoms with van der Waals surface area (Å²) in [5.74, 6) is 1.80. The molecule has 3 nitrogen and oxygen atoms in total. The third-order valence-corrected chi connectivity index (χ3v) is 3.21. The molecule has 1 atom stereocenters. The maximum Gasteiger partial charge on any atom is 0.132 e. The fraction of sp³-hybridized carbons (Fsp3) is 0.667. The predicted molar refractivity (Wildman–Crippen MR) is 78.9 cm³/mol. The fourth-order valence-corrected chi connectivity index (χ4v) is 1.91. The van der Waals surface area contributed by atoms with E-state index in [1.807, 2.05) is 12.3 Å². The Kier molecular flexibility index (Phi) is 6.13. The Bertz CT molecular complexity index is 349. The van der Waals surface area contributed by atoms with E-state index in [4.69, 9.17) is 0 Å². The van der Waals surface area contributed by atoms with Gasteiger partial charge in [-0.1, -0.05) is 40.2 Å². The van der Waals surface area contributed by atoms with Gasteiger partial charge in [-0.25, -0.2) is 4.98 Å². The van der Waals surface area contributed by atoms with Crippen molar-refractivity contribution in [1.29, 1.82) is 0 Å². The second-order valence-corrected chi connectivity index (χ2v) is 5.42. The molecule has 1 N–H and O–H groups in total.